The Bertz CT molecular complexity index is 667. The summed E-state index contributed by atoms with van der Waals surface area (Å²) in [5.41, 5.74) is 1.22. The van der Waals surface area contributed by atoms with E-state index < -0.39 is 6.61 Å². The summed E-state index contributed by atoms with van der Waals surface area (Å²) in [5, 5.41) is 2.57. The van der Waals surface area contributed by atoms with Crippen LogP contribution in [0.3, 0.4) is 0 Å². The second-order valence-electron chi connectivity index (χ2n) is 5.05. The van der Waals surface area contributed by atoms with E-state index in [-0.39, 0.29) is 36.3 Å². The highest BCUT2D eigenvalue weighted by molar-refractivity contribution is 5.91. The van der Waals surface area contributed by atoms with E-state index in [0.717, 1.165) is 5.69 Å². The van der Waals surface area contributed by atoms with Crippen LogP contribution in [0.25, 0.3) is 0 Å². The number of aromatic nitrogens is 1. The van der Waals surface area contributed by atoms with Gasteiger partial charge in [0.1, 0.15) is 5.75 Å². The van der Waals surface area contributed by atoms with E-state index in [4.69, 9.17) is 0 Å². The molecule has 1 amide bonds. The van der Waals surface area contributed by atoms with Gasteiger partial charge in [-0.05, 0) is 12.1 Å². The summed E-state index contributed by atoms with van der Waals surface area (Å²) in [5.74, 6) is -0.401. The van der Waals surface area contributed by atoms with Crippen LogP contribution in [-0.4, -0.2) is 26.6 Å². The van der Waals surface area contributed by atoms with Crippen LogP contribution < -0.4 is 31.9 Å². The van der Waals surface area contributed by atoms with Crippen molar-refractivity contribution in [1.82, 2.24) is 0 Å². The van der Waals surface area contributed by atoms with Crippen molar-refractivity contribution in [2.45, 2.75) is 13.2 Å². The van der Waals surface area contributed by atoms with Crippen molar-refractivity contribution in [2.24, 2.45) is 0 Å². The predicted molar refractivity (Wildman–Crippen MR) is 82.7 cm³/mol. The smallest absolute Gasteiger partial charge is 0.387 e. The van der Waals surface area contributed by atoms with Crippen molar-refractivity contribution in [3.05, 3.63) is 48.8 Å². The zero-order chi connectivity index (χ0) is 16.8. The Balaban J connectivity index is 0.00000288. The monoisotopic (exact) mass is 357 g/mol. The zero-order valence-corrected chi connectivity index (χ0v) is 14.0. The number of anilines is 2. The van der Waals surface area contributed by atoms with Gasteiger partial charge in [0.05, 0.1) is 5.69 Å². The van der Waals surface area contributed by atoms with Crippen LogP contribution >= 0.6 is 0 Å². The zero-order valence-electron chi connectivity index (χ0n) is 13.2. The summed E-state index contributed by atoms with van der Waals surface area (Å²) in [6.45, 7) is -2.88. The van der Waals surface area contributed by atoms with Gasteiger partial charge >= 0.3 is 6.61 Å². The number of rotatable bonds is 6. The molecule has 1 aromatic carbocycles. The molecule has 24 heavy (non-hydrogen) atoms. The number of benzene rings is 1. The van der Waals surface area contributed by atoms with Crippen molar-refractivity contribution >= 4 is 17.3 Å². The maximum Gasteiger partial charge on any atom is 0.387 e. The molecule has 2 rings (SSSR count). The lowest BCUT2D eigenvalue weighted by atomic mass is 10.3. The molecule has 0 aliphatic carbocycles. The normalized spacial score (nSPS) is 10.0. The van der Waals surface area contributed by atoms with Gasteiger partial charge in [0, 0.05) is 31.9 Å². The number of carbonyl (C=O) groups is 1. The highest BCUT2D eigenvalue weighted by Gasteiger charge is 2.14. The van der Waals surface area contributed by atoms with E-state index in [2.05, 4.69) is 10.1 Å². The number of para-hydroxylation sites is 2. The molecule has 130 valence electrons. The Morgan fingerprint density at radius 3 is 2.42 bits per heavy atom. The third-order valence-corrected chi connectivity index (χ3v) is 3.09. The fourth-order valence-corrected chi connectivity index (χ4v) is 1.98. The maximum absolute atomic E-state index is 12.3. The molecule has 0 spiro atoms. The quantitative estimate of drug-likeness (QED) is 0.694. The van der Waals surface area contributed by atoms with E-state index in [9.17, 15) is 13.6 Å². The van der Waals surface area contributed by atoms with Crippen LogP contribution in [0.2, 0.25) is 0 Å². The Kier molecular flexibility index (Phi) is 7.38. The molecule has 1 aromatic heterocycles. The molecule has 0 fully saturated rings. The predicted octanol–water partition coefficient (Wildman–Crippen LogP) is -0.716. The van der Waals surface area contributed by atoms with Crippen LogP contribution in [-0.2, 0) is 11.3 Å². The fourth-order valence-electron chi connectivity index (χ4n) is 1.98. The second-order valence-corrected chi connectivity index (χ2v) is 5.05. The molecule has 0 bridgehead atoms. The number of pyridine rings is 1. The van der Waals surface area contributed by atoms with E-state index in [1.807, 2.05) is 31.1 Å². The topological polar surface area (TPSA) is 45.5 Å². The minimum absolute atomic E-state index is 0. The van der Waals surface area contributed by atoms with Gasteiger partial charge in [-0.15, -0.1) is 0 Å². The largest absolute Gasteiger partial charge is 1.00 e. The molecule has 0 aliphatic heterocycles. The first-order chi connectivity index (χ1) is 11.0. The minimum atomic E-state index is -2.94. The first-order valence-electron chi connectivity index (χ1n) is 6.96. The van der Waals surface area contributed by atoms with Gasteiger partial charge < -0.3 is 27.4 Å². The molecule has 0 atom stereocenters. The molecule has 0 saturated carbocycles. The number of hydrogen-bond donors (Lipinski definition) is 1. The van der Waals surface area contributed by atoms with Crippen LogP contribution in [0.1, 0.15) is 0 Å². The molecule has 1 heterocycles. The Hall–Kier alpha value is -2.41. The van der Waals surface area contributed by atoms with E-state index in [1.165, 1.54) is 12.1 Å². The molecule has 0 unspecified atom stereocenters. The van der Waals surface area contributed by atoms with Gasteiger partial charge in [0.15, 0.2) is 12.4 Å². The van der Waals surface area contributed by atoms with Crippen molar-refractivity contribution in [1.29, 1.82) is 0 Å². The summed E-state index contributed by atoms with van der Waals surface area (Å²) in [7, 11) is 3.85. The molecular weight excluding hydrogens is 340 g/mol. The Labute approximate surface area is 145 Å². The molecule has 5 nitrogen and oxygen atoms in total. The molecular formula is C16H18ClF2N3O2. The van der Waals surface area contributed by atoms with Crippen LogP contribution in [0.4, 0.5) is 20.2 Å². The summed E-state index contributed by atoms with van der Waals surface area (Å²) in [6.07, 6.45) is 3.55. The number of ether oxygens (including phenoxy) is 1. The highest BCUT2D eigenvalue weighted by atomic mass is 35.5. The SMILES string of the molecule is CN(C)c1cc[n+](CC(=O)Nc2ccccc2OC(F)F)cc1.[Cl-]. The first-order valence-corrected chi connectivity index (χ1v) is 6.96. The van der Waals surface area contributed by atoms with Crippen molar-refractivity contribution < 1.29 is 35.3 Å². The third kappa shape index (κ3) is 5.66. The summed E-state index contributed by atoms with van der Waals surface area (Å²) < 4.78 is 30.8. The maximum atomic E-state index is 12.3. The second kappa shape index (κ2) is 9.02. The van der Waals surface area contributed by atoms with Gasteiger partial charge in [-0.2, -0.15) is 13.3 Å². The Morgan fingerprint density at radius 2 is 1.83 bits per heavy atom. The van der Waals surface area contributed by atoms with E-state index in [1.54, 1.807) is 29.1 Å². The van der Waals surface area contributed by atoms with Gasteiger partial charge in [-0.25, -0.2) is 0 Å². The lowest BCUT2D eigenvalue weighted by Gasteiger charge is -2.11. The average Bonchev–Trinajstić information content (AvgIpc) is 2.49. The molecule has 0 aliphatic rings. The standard InChI is InChI=1S/C16H17F2N3O2.ClH/c1-20(2)12-7-9-21(10-8-12)11-15(22)19-13-5-3-4-6-14(13)23-16(17)18;/h3-10,16H,11H2,1-2H3;1H. The first kappa shape index (κ1) is 19.6. The number of alkyl halides is 2. The third-order valence-electron chi connectivity index (χ3n) is 3.09. The Morgan fingerprint density at radius 1 is 1.21 bits per heavy atom. The number of nitrogens with zero attached hydrogens (tertiary/aromatic N) is 2. The van der Waals surface area contributed by atoms with Gasteiger partial charge in [-0.1, -0.05) is 12.1 Å². The van der Waals surface area contributed by atoms with Crippen molar-refractivity contribution in [3.63, 3.8) is 0 Å². The summed E-state index contributed by atoms with van der Waals surface area (Å²) in [4.78, 5) is 14.0. The molecule has 0 radical (unpaired) electrons. The van der Waals surface area contributed by atoms with Crippen molar-refractivity contribution in [3.8, 4) is 5.75 Å². The summed E-state index contributed by atoms with van der Waals surface area (Å²) in [6, 6.07) is 9.83. The molecule has 0 saturated heterocycles. The van der Waals surface area contributed by atoms with Crippen LogP contribution in [0.5, 0.6) is 5.75 Å². The van der Waals surface area contributed by atoms with Gasteiger partial charge in [0.2, 0.25) is 6.54 Å². The summed E-state index contributed by atoms with van der Waals surface area (Å²) >= 11 is 0. The molecule has 8 heteroatoms. The minimum Gasteiger partial charge on any atom is -1.00 e. The van der Waals surface area contributed by atoms with Gasteiger partial charge in [0.25, 0.3) is 5.91 Å². The molecule has 1 N–H and O–H groups in total. The number of amides is 1. The van der Waals surface area contributed by atoms with E-state index in [0.29, 0.717) is 0 Å². The number of hydrogen-bond acceptors (Lipinski definition) is 3. The number of halogens is 3. The average molecular weight is 358 g/mol. The highest BCUT2D eigenvalue weighted by Crippen LogP contribution is 2.25. The number of nitrogens with one attached hydrogen (secondary N) is 1. The number of carbonyl (C=O) groups excluding carboxylic acids is 1. The molecule has 2 aromatic rings. The van der Waals surface area contributed by atoms with E-state index >= 15 is 0 Å². The van der Waals surface area contributed by atoms with Crippen molar-refractivity contribution in [2.75, 3.05) is 24.3 Å². The van der Waals surface area contributed by atoms with Gasteiger partial charge in [-0.3, -0.25) is 4.79 Å². The fraction of sp³-hybridized carbons (Fsp3) is 0.250. The van der Waals surface area contributed by atoms with Crippen LogP contribution in [0.15, 0.2) is 48.8 Å². The lowest BCUT2D eigenvalue weighted by Crippen LogP contribution is -3.00. The van der Waals surface area contributed by atoms with Crippen LogP contribution in [0, 0.1) is 0 Å². The lowest BCUT2D eigenvalue weighted by molar-refractivity contribution is -0.684.